The van der Waals surface area contributed by atoms with Crippen molar-refractivity contribution in [3.8, 4) is 6.07 Å². The molecule has 1 amide bonds. The van der Waals surface area contributed by atoms with E-state index in [2.05, 4.69) is 31.2 Å². The first-order chi connectivity index (χ1) is 11.4. The van der Waals surface area contributed by atoms with Gasteiger partial charge >= 0.3 is 5.69 Å². The number of nitrogens with one attached hydrogen (secondary N) is 2. The zero-order valence-corrected chi connectivity index (χ0v) is 15.5. The maximum absolute atomic E-state index is 12.1. The predicted molar refractivity (Wildman–Crippen MR) is 95.7 cm³/mol. The lowest BCUT2D eigenvalue weighted by Crippen LogP contribution is -2.28. The van der Waals surface area contributed by atoms with E-state index in [9.17, 15) is 9.59 Å². The Bertz CT molecular complexity index is 843. The molecule has 1 atom stereocenters. The second kappa shape index (κ2) is 8.13. The lowest BCUT2D eigenvalue weighted by Gasteiger charge is -2.14. The van der Waals surface area contributed by atoms with Crippen molar-refractivity contribution in [2.24, 2.45) is 0 Å². The maximum atomic E-state index is 12.1. The van der Waals surface area contributed by atoms with Gasteiger partial charge in [-0.2, -0.15) is 10.2 Å². The van der Waals surface area contributed by atoms with Crippen molar-refractivity contribution in [2.45, 2.75) is 24.9 Å². The highest BCUT2D eigenvalue weighted by molar-refractivity contribution is 9.10. The molecule has 1 heterocycles. The van der Waals surface area contributed by atoms with E-state index in [1.165, 1.54) is 0 Å². The zero-order chi connectivity index (χ0) is 17.7. The number of carbonyl (C=O) groups is 1. The van der Waals surface area contributed by atoms with E-state index in [4.69, 9.17) is 5.26 Å². The second-order valence-corrected chi connectivity index (χ2v) is 6.97. The highest BCUT2D eigenvalue weighted by Crippen LogP contribution is 2.21. The van der Waals surface area contributed by atoms with E-state index >= 15 is 0 Å². The standard InChI is InChI=1S/C16H15BrN4O2S/c1-9(11-3-5-12(17)6-4-11)19-14(22)8-24-15-13(7-18)10(2)20-16(23)21-15/h3-6,9H,8H2,1-2H3,(H,19,22)(H,20,21,23)/t9-/m1/s1. The molecule has 0 aliphatic carbocycles. The third-order valence-corrected chi connectivity index (χ3v) is 4.79. The molecule has 2 aromatic rings. The average Bonchev–Trinajstić information content (AvgIpc) is 2.53. The van der Waals surface area contributed by atoms with Crippen LogP contribution in [-0.2, 0) is 4.79 Å². The number of halogens is 1. The smallest absolute Gasteiger partial charge is 0.346 e. The molecule has 6 nitrogen and oxygen atoms in total. The summed E-state index contributed by atoms with van der Waals surface area (Å²) in [4.78, 5) is 29.8. The number of aromatic amines is 1. The number of benzene rings is 1. The topological polar surface area (TPSA) is 98.6 Å². The van der Waals surface area contributed by atoms with Crippen LogP contribution in [0.4, 0.5) is 0 Å². The van der Waals surface area contributed by atoms with Crippen LogP contribution in [0.5, 0.6) is 0 Å². The van der Waals surface area contributed by atoms with Crippen molar-refractivity contribution in [2.75, 3.05) is 5.75 Å². The van der Waals surface area contributed by atoms with Crippen molar-refractivity contribution in [1.29, 1.82) is 5.26 Å². The number of nitriles is 1. The van der Waals surface area contributed by atoms with Gasteiger partial charge in [0.15, 0.2) is 0 Å². The van der Waals surface area contributed by atoms with Crippen LogP contribution in [0, 0.1) is 18.3 Å². The molecule has 8 heteroatoms. The summed E-state index contributed by atoms with van der Waals surface area (Å²) in [5.74, 6) is -0.120. The quantitative estimate of drug-likeness (QED) is 0.587. The molecular formula is C16H15BrN4O2S. The van der Waals surface area contributed by atoms with Crippen LogP contribution in [-0.4, -0.2) is 21.6 Å². The van der Waals surface area contributed by atoms with Gasteiger partial charge in [-0.3, -0.25) is 4.79 Å². The number of aromatic nitrogens is 2. The number of nitrogens with zero attached hydrogens (tertiary/aromatic N) is 2. The molecule has 0 saturated heterocycles. The maximum Gasteiger partial charge on any atom is 0.346 e. The first kappa shape index (κ1) is 18.2. The summed E-state index contributed by atoms with van der Waals surface area (Å²) in [7, 11) is 0. The second-order valence-electron chi connectivity index (χ2n) is 5.09. The summed E-state index contributed by atoms with van der Waals surface area (Å²) < 4.78 is 0.972. The summed E-state index contributed by atoms with van der Waals surface area (Å²) in [6.07, 6.45) is 0. The number of hydrogen-bond acceptors (Lipinski definition) is 5. The Balaban J connectivity index is 2.00. The van der Waals surface area contributed by atoms with E-state index in [1.54, 1.807) is 6.92 Å². The molecule has 1 aromatic heterocycles. The minimum absolute atomic E-state index is 0.0748. The molecule has 1 aromatic carbocycles. The van der Waals surface area contributed by atoms with Gasteiger partial charge in [0, 0.05) is 10.2 Å². The molecule has 2 rings (SSSR count). The summed E-state index contributed by atoms with van der Waals surface area (Å²) >= 11 is 4.44. The van der Waals surface area contributed by atoms with Gasteiger partial charge in [0.2, 0.25) is 5.91 Å². The van der Waals surface area contributed by atoms with Gasteiger partial charge in [0.05, 0.1) is 11.8 Å². The Kier molecular flexibility index (Phi) is 6.17. The number of aryl methyl sites for hydroxylation is 1. The zero-order valence-electron chi connectivity index (χ0n) is 13.1. The fourth-order valence-electron chi connectivity index (χ4n) is 2.05. The van der Waals surface area contributed by atoms with Crippen LogP contribution in [0.3, 0.4) is 0 Å². The molecular weight excluding hydrogens is 392 g/mol. The molecule has 0 fully saturated rings. The average molecular weight is 407 g/mol. The van der Waals surface area contributed by atoms with Crippen LogP contribution in [0.15, 0.2) is 38.6 Å². The van der Waals surface area contributed by atoms with E-state index in [0.29, 0.717) is 5.69 Å². The van der Waals surface area contributed by atoms with Crippen LogP contribution in [0.2, 0.25) is 0 Å². The fraction of sp³-hybridized carbons (Fsp3) is 0.250. The predicted octanol–water partition coefficient (Wildman–Crippen LogP) is 2.68. The lowest BCUT2D eigenvalue weighted by atomic mass is 10.1. The SMILES string of the molecule is Cc1[nH]c(=O)nc(SCC(=O)N[C@H](C)c2ccc(Br)cc2)c1C#N. The Morgan fingerprint density at radius 1 is 1.46 bits per heavy atom. The number of H-pyrrole nitrogens is 1. The van der Waals surface area contributed by atoms with Crippen molar-refractivity contribution < 1.29 is 4.79 Å². The molecule has 0 unspecified atom stereocenters. The molecule has 24 heavy (non-hydrogen) atoms. The van der Waals surface area contributed by atoms with Crippen LogP contribution in [0.25, 0.3) is 0 Å². The highest BCUT2D eigenvalue weighted by Gasteiger charge is 2.14. The molecule has 0 bridgehead atoms. The molecule has 0 aliphatic rings. The molecule has 0 radical (unpaired) electrons. The monoisotopic (exact) mass is 406 g/mol. The molecule has 0 saturated carbocycles. The normalized spacial score (nSPS) is 11.6. The third-order valence-electron chi connectivity index (χ3n) is 3.29. The van der Waals surface area contributed by atoms with Gasteiger partial charge in [-0.25, -0.2) is 4.79 Å². The Hall–Kier alpha value is -2.11. The summed E-state index contributed by atoms with van der Waals surface area (Å²) in [6.45, 7) is 3.52. The number of rotatable bonds is 5. The first-order valence-corrected chi connectivity index (χ1v) is 8.87. The van der Waals surface area contributed by atoms with Crippen molar-refractivity contribution >= 4 is 33.6 Å². The molecule has 124 valence electrons. The van der Waals surface area contributed by atoms with Crippen molar-refractivity contribution in [3.63, 3.8) is 0 Å². The highest BCUT2D eigenvalue weighted by atomic mass is 79.9. The minimum atomic E-state index is -0.530. The van der Waals surface area contributed by atoms with Crippen molar-refractivity contribution in [3.05, 3.63) is 56.0 Å². The Labute approximate surface area is 151 Å². The Morgan fingerprint density at radius 3 is 2.75 bits per heavy atom. The number of hydrogen-bond donors (Lipinski definition) is 2. The van der Waals surface area contributed by atoms with Gasteiger partial charge in [0.1, 0.15) is 16.7 Å². The van der Waals surface area contributed by atoms with Crippen LogP contribution in [0.1, 0.15) is 29.8 Å². The Morgan fingerprint density at radius 2 is 2.12 bits per heavy atom. The minimum Gasteiger partial charge on any atom is -0.349 e. The van der Waals surface area contributed by atoms with E-state index in [-0.39, 0.29) is 28.3 Å². The van der Waals surface area contributed by atoms with Gasteiger partial charge in [-0.05, 0) is 31.5 Å². The van der Waals surface area contributed by atoms with Crippen molar-refractivity contribution in [1.82, 2.24) is 15.3 Å². The molecule has 2 N–H and O–H groups in total. The number of amides is 1. The van der Waals surface area contributed by atoms with Crippen LogP contribution < -0.4 is 11.0 Å². The molecule has 0 spiro atoms. The largest absolute Gasteiger partial charge is 0.349 e. The number of thioether (sulfide) groups is 1. The summed E-state index contributed by atoms with van der Waals surface area (Å²) in [5, 5.41) is 12.3. The van der Waals surface area contributed by atoms with E-state index < -0.39 is 5.69 Å². The van der Waals surface area contributed by atoms with Gasteiger partial charge in [-0.15, -0.1) is 0 Å². The van der Waals surface area contributed by atoms with Gasteiger partial charge < -0.3 is 10.3 Å². The van der Waals surface area contributed by atoms with E-state index in [1.807, 2.05) is 37.3 Å². The van der Waals surface area contributed by atoms with Crippen LogP contribution >= 0.6 is 27.7 Å². The summed E-state index contributed by atoms with van der Waals surface area (Å²) in [5.41, 5.74) is 1.19. The molecule has 0 aliphatic heterocycles. The lowest BCUT2D eigenvalue weighted by molar-refractivity contribution is -0.119. The summed E-state index contributed by atoms with van der Waals surface area (Å²) in [6, 6.07) is 9.53. The fourth-order valence-corrected chi connectivity index (χ4v) is 3.15. The van der Waals surface area contributed by atoms with Gasteiger partial charge in [0.25, 0.3) is 0 Å². The van der Waals surface area contributed by atoms with E-state index in [0.717, 1.165) is 21.8 Å². The number of carbonyl (C=O) groups excluding carboxylic acids is 1. The first-order valence-electron chi connectivity index (χ1n) is 7.09. The third kappa shape index (κ3) is 4.69. The van der Waals surface area contributed by atoms with Gasteiger partial charge in [-0.1, -0.05) is 39.8 Å².